The number of hydrogen-bond donors (Lipinski definition) is 1. The maximum absolute atomic E-state index is 10.8. The molecule has 0 bridgehead atoms. The van der Waals surface area contributed by atoms with Crippen LogP contribution in [0.1, 0.15) is 36.0 Å². The minimum absolute atomic E-state index is 0.705. The first kappa shape index (κ1) is 15.0. The van der Waals surface area contributed by atoms with Gasteiger partial charge in [-0.05, 0) is 68.0 Å². The number of aryl methyl sites for hydroxylation is 1. The van der Waals surface area contributed by atoms with Gasteiger partial charge in [-0.3, -0.25) is 4.79 Å². The fourth-order valence-electron chi connectivity index (χ4n) is 3.70. The minimum Gasteiger partial charge on any atom is -0.323 e. The summed E-state index contributed by atoms with van der Waals surface area (Å²) in [5, 5.41) is 3.55. The zero-order valence-corrected chi connectivity index (χ0v) is 12.9. The Morgan fingerprint density at radius 3 is 2.82 bits per heavy atom. The van der Waals surface area contributed by atoms with E-state index in [1.54, 1.807) is 0 Å². The minimum atomic E-state index is 0.705. The van der Waals surface area contributed by atoms with Crippen LogP contribution in [-0.4, -0.2) is 36.5 Å². The van der Waals surface area contributed by atoms with Gasteiger partial charge in [-0.2, -0.15) is 5.10 Å². The molecule has 1 heterocycles. The van der Waals surface area contributed by atoms with Gasteiger partial charge >= 0.3 is 0 Å². The zero-order valence-electron chi connectivity index (χ0n) is 12.9. The number of hydrogen-bond acceptors (Lipinski definition) is 4. The molecule has 1 fully saturated rings. The number of nitrogens with zero attached hydrogens (tertiary/aromatic N) is 2. The number of aldehydes is 1. The zero-order chi connectivity index (χ0) is 15.4. The van der Waals surface area contributed by atoms with Gasteiger partial charge in [-0.25, -0.2) is 0 Å². The monoisotopic (exact) mass is 297 g/mol. The topological polar surface area (TPSA) is 58.7 Å². The van der Waals surface area contributed by atoms with Gasteiger partial charge in [0.05, 0.1) is 6.21 Å². The number of likely N-dealkylation sites (tertiary alicyclic amines) is 1. The Kier molecular flexibility index (Phi) is 4.68. The fourth-order valence-corrected chi connectivity index (χ4v) is 3.70. The maximum Gasteiger partial charge on any atom is 0.143 e. The molecule has 2 N–H and O–H groups in total. The van der Waals surface area contributed by atoms with Gasteiger partial charge < -0.3 is 10.7 Å². The van der Waals surface area contributed by atoms with Crippen molar-refractivity contribution in [2.24, 2.45) is 10.9 Å². The van der Waals surface area contributed by atoms with Crippen LogP contribution in [-0.2, 0) is 17.6 Å². The molecule has 1 aliphatic carbocycles. The Morgan fingerprint density at radius 1 is 1.27 bits per heavy atom. The second kappa shape index (κ2) is 6.88. The lowest BCUT2D eigenvalue weighted by atomic mass is 9.85. The molecule has 4 nitrogen and oxygen atoms in total. The average molecular weight is 297 g/mol. The van der Waals surface area contributed by atoms with Gasteiger partial charge in [0.2, 0.25) is 0 Å². The second-order valence-corrected chi connectivity index (χ2v) is 6.16. The van der Waals surface area contributed by atoms with Crippen LogP contribution in [0, 0.1) is 0 Å². The molecule has 0 aromatic heterocycles. The molecule has 0 radical (unpaired) electrons. The highest BCUT2D eigenvalue weighted by Crippen LogP contribution is 2.28. The van der Waals surface area contributed by atoms with Crippen LogP contribution in [0.4, 0.5) is 0 Å². The van der Waals surface area contributed by atoms with Crippen molar-refractivity contribution in [3.05, 3.63) is 41.0 Å². The standard InChI is InChI=1S/C18H23N3O/c19-20-13-17(7-10-22)15-3-4-16-12-18(6-5-14(16)11-15)21-8-1-2-9-21/h3-4,7,10-11,13,18H,1-2,5-6,8-9,12,19H2/b17-7+,20-13-. The predicted octanol–water partition coefficient (Wildman–Crippen LogP) is 2.17. The van der Waals surface area contributed by atoms with E-state index in [0.717, 1.165) is 30.3 Å². The van der Waals surface area contributed by atoms with Crippen molar-refractivity contribution in [1.82, 2.24) is 4.90 Å². The van der Waals surface area contributed by atoms with Gasteiger partial charge in [0.25, 0.3) is 0 Å². The summed E-state index contributed by atoms with van der Waals surface area (Å²) < 4.78 is 0. The highest BCUT2D eigenvalue weighted by molar-refractivity contribution is 6.13. The Morgan fingerprint density at radius 2 is 2.09 bits per heavy atom. The van der Waals surface area contributed by atoms with E-state index in [1.807, 2.05) is 0 Å². The van der Waals surface area contributed by atoms with Crippen LogP contribution in [0.25, 0.3) is 5.57 Å². The third-order valence-electron chi connectivity index (χ3n) is 4.86. The molecule has 1 aromatic rings. The van der Waals surface area contributed by atoms with E-state index in [0.29, 0.717) is 6.04 Å². The third kappa shape index (κ3) is 3.12. The molecule has 0 saturated carbocycles. The van der Waals surface area contributed by atoms with Crippen molar-refractivity contribution in [1.29, 1.82) is 0 Å². The van der Waals surface area contributed by atoms with E-state index in [2.05, 4.69) is 28.2 Å². The first-order valence-corrected chi connectivity index (χ1v) is 8.07. The number of allylic oxidation sites excluding steroid dienone is 2. The molecular weight excluding hydrogens is 274 g/mol. The van der Waals surface area contributed by atoms with Crippen molar-refractivity contribution >= 4 is 18.1 Å². The maximum atomic E-state index is 10.8. The van der Waals surface area contributed by atoms with Crippen molar-refractivity contribution in [2.45, 2.75) is 38.1 Å². The normalized spacial score (nSPS) is 22.9. The quantitative estimate of drug-likeness (QED) is 0.305. The Labute approximate surface area is 131 Å². The number of nitrogens with two attached hydrogens (primary N) is 1. The van der Waals surface area contributed by atoms with E-state index in [-0.39, 0.29) is 0 Å². The van der Waals surface area contributed by atoms with Gasteiger partial charge in [0.1, 0.15) is 6.29 Å². The Hall–Kier alpha value is -1.94. The summed E-state index contributed by atoms with van der Waals surface area (Å²) in [4.78, 5) is 13.4. The van der Waals surface area contributed by atoms with Crippen LogP contribution in [0.15, 0.2) is 29.4 Å². The van der Waals surface area contributed by atoms with Crippen LogP contribution < -0.4 is 5.84 Å². The van der Waals surface area contributed by atoms with Gasteiger partial charge in [0.15, 0.2) is 0 Å². The van der Waals surface area contributed by atoms with Gasteiger partial charge in [-0.15, -0.1) is 0 Å². The molecule has 1 atom stereocenters. The van der Waals surface area contributed by atoms with E-state index >= 15 is 0 Å². The lowest BCUT2D eigenvalue weighted by Gasteiger charge is -2.32. The van der Waals surface area contributed by atoms with Gasteiger partial charge in [0, 0.05) is 11.6 Å². The summed E-state index contributed by atoms with van der Waals surface area (Å²) in [6, 6.07) is 7.17. The molecule has 116 valence electrons. The Bertz CT molecular complexity index is 600. The summed E-state index contributed by atoms with van der Waals surface area (Å²) in [5.41, 5.74) is 4.62. The third-order valence-corrected chi connectivity index (χ3v) is 4.86. The highest BCUT2D eigenvalue weighted by atomic mass is 16.1. The van der Waals surface area contributed by atoms with E-state index < -0.39 is 0 Å². The Balaban J connectivity index is 1.80. The lowest BCUT2D eigenvalue weighted by molar-refractivity contribution is -0.104. The van der Waals surface area contributed by atoms with Crippen LogP contribution >= 0.6 is 0 Å². The van der Waals surface area contributed by atoms with E-state index in [1.165, 1.54) is 55.8 Å². The van der Waals surface area contributed by atoms with Crippen LogP contribution in [0.5, 0.6) is 0 Å². The molecule has 3 rings (SSSR count). The molecule has 1 aromatic carbocycles. The van der Waals surface area contributed by atoms with E-state index in [4.69, 9.17) is 5.84 Å². The molecule has 2 aliphatic rings. The van der Waals surface area contributed by atoms with Crippen molar-refractivity contribution < 1.29 is 4.79 Å². The van der Waals surface area contributed by atoms with Crippen molar-refractivity contribution in [3.63, 3.8) is 0 Å². The summed E-state index contributed by atoms with van der Waals surface area (Å²) in [5.74, 6) is 5.23. The number of carbonyl (C=O) groups excluding carboxylic acids is 1. The van der Waals surface area contributed by atoms with Crippen molar-refractivity contribution in [2.75, 3.05) is 13.1 Å². The molecule has 1 saturated heterocycles. The fraction of sp³-hybridized carbons (Fsp3) is 0.444. The first-order chi connectivity index (χ1) is 10.8. The van der Waals surface area contributed by atoms with Crippen LogP contribution in [0.3, 0.4) is 0 Å². The van der Waals surface area contributed by atoms with E-state index in [9.17, 15) is 4.79 Å². The summed E-state index contributed by atoms with van der Waals surface area (Å²) in [6.45, 7) is 2.52. The first-order valence-electron chi connectivity index (χ1n) is 8.07. The molecule has 0 spiro atoms. The average Bonchev–Trinajstić information content (AvgIpc) is 3.08. The smallest absolute Gasteiger partial charge is 0.143 e. The molecular formula is C18H23N3O. The molecule has 1 unspecified atom stereocenters. The number of hydrazone groups is 1. The molecule has 22 heavy (non-hydrogen) atoms. The van der Waals surface area contributed by atoms with Crippen LogP contribution in [0.2, 0.25) is 0 Å². The molecule has 0 amide bonds. The predicted molar refractivity (Wildman–Crippen MR) is 89.8 cm³/mol. The summed E-state index contributed by atoms with van der Waals surface area (Å²) in [7, 11) is 0. The second-order valence-electron chi connectivity index (χ2n) is 6.16. The number of rotatable bonds is 4. The largest absolute Gasteiger partial charge is 0.323 e. The van der Waals surface area contributed by atoms with Crippen molar-refractivity contribution in [3.8, 4) is 0 Å². The number of fused-ring (bicyclic) bond motifs is 1. The molecule has 4 heteroatoms. The lowest BCUT2D eigenvalue weighted by Crippen LogP contribution is -2.37. The summed E-state index contributed by atoms with van der Waals surface area (Å²) >= 11 is 0. The SMILES string of the molecule is N/N=C\C(=C/C=O)c1ccc2c(c1)CCC(N1CCCC1)C2. The highest BCUT2D eigenvalue weighted by Gasteiger charge is 2.26. The molecule has 1 aliphatic heterocycles. The number of carbonyl (C=O) groups is 1. The van der Waals surface area contributed by atoms with Gasteiger partial charge in [-0.1, -0.05) is 18.2 Å². The summed E-state index contributed by atoms with van der Waals surface area (Å²) in [6.07, 6.45) is 10.0. The number of benzene rings is 1.